The molecule has 0 aromatic carbocycles. The molecule has 0 aliphatic rings. The van der Waals surface area contributed by atoms with Crippen molar-refractivity contribution < 1.29 is 4.79 Å². The fourth-order valence-corrected chi connectivity index (χ4v) is 0.640. The van der Waals surface area contributed by atoms with Crippen molar-refractivity contribution in [3.8, 4) is 0 Å². The molecule has 0 saturated heterocycles. The van der Waals surface area contributed by atoms with Crippen LogP contribution in [0.15, 0.2) is 36.5 Å². The molecule has 0 aliphatic heterocycles. The van der Waals surface area contributed by atoms with Crippen LogP contribution in [-0.4, -0.2) is 5.91 Å². The van der Waals surface area contributed by atoms with Crippen molar-refractivity contribution >= 4 is 5.91 Å². The molecule has 0 bridgehead atoms. The van der Waals surface area contributed by atoms with Crippen LogP contribution in [0.1, 0.15) is 19.8 Å². The average Bonchev–Trinajstić information content (AvgIpc) is 2.02. The van der Waals surface area contributed by atoms with Gasteiger partial charge in [-0.3, -0.25) is 4.79 Å². The van der Waals surface area contributed by atoms with E-state index in [-0.39, 0.29) is 5.91 Å². The van der Waals surface area contributed by atoms with Gasteiger partial charge in [-0.2, -0.15) is 0 Å². The lowest BCUT2D eigenvalue weighted by Crippen LogP contribution is -2.08. The summed E-state index contributed by atoms with van der Waals surface area (Å²) in [7, 11) is 0. The van der Waals surface area contributed by atoms with Gasteiger partial charge in [0, 0.05) is 6.42 Å². The lowest BCUT2D eigenvalue weighted by Gasteiger charge is -1.85. The smallest absolute Gasteiger partial charge is 0.217 e. The first-order valence-corrected chi connectivity index (χ1v) is 4.00. The molecule has 0 aromatic heterocycles. The van der Waals surface area contributed by atoms with Crippen molar-refractivity contribution in [2.45, 2.75) is 19.8 Å². The van der Waals surface area contributed by atoms with E-state index in [1.54, 1.807) is 0 Å². The minimum absolute atomic E-state index is 0.253. The molecular weight excluding hydrogens is 150 g/mol. The van der Waals surface area contributed by atoms with Crippen LogP contribution >= 0.6 is 0 Å². The Hall–Kier alpha value is -1.31. The Kier molecular flexibility index (Phi) is 6.94. The summed E-state index contributed by atoms with van der Waals surface area (Å²) < 4.78 is 0. The molecule has 0 aliphatic carbocycles. The number of nitrogens with two attached hydrogens (primary N) is 1. The van der Waals surface area contributed by atoms with Crippen LogP contribution in [0.4, 0.5) is 0 Å². The second-order valence-electron chi connectivity index (χ2n) is 2.34. The quantitative estimate of drug-likeness (QED) is 0.621. The number of carbonyl (C=O) groups is 1. The summed E-state index contributed by atoms with van der Waals surface area (Å²) in [6, 6.07) is 0. The lowest BCUT2D eigenvalue weighted by molar-refractivity contribution is -0.117. The van der Waals surface area contributed by atoms with Gasteiger partial charge in [-0.25, -0.2) is 0 Å². The normalized spacial score (nSPS) is 12.1. The molecule has 1 amide bonds. The molecule has 12 heavy (non-hydrogen) atoms. The first-order valence-electron chi connectivity index (χ1n) is 4.00. The monoisotopic (exact) mass is 165 g/mol. The van der Waals surface area contributed by atoms with Gasteiger partial charge < -0.3 is 5.73 Å². The van der Waals surface area contributed by atoms with Crippen molar-refractivity contribution in [3.63, 3.8) is 0 Å². The Balaban J connectivity index is 3.43. The van der Waals surface area contributed by atoms with Crippen molar-refractivity contribution in [2.75, 3.05) is 0 Å². The van der Waals surface area contributed by atoms with Gasteiger partial charge in [-0.05, 0) is 13.3 Å². The van der Waals surface area contributed by atoms with Crippen LogP contribution in [-0.2, 0) is 4.79 Å². The Morgan fingerprint density at radius 2 is 1.92 bits per heavy atom. The first kappa shape index (κ1) is 10.7. The molecule has 0 radical (unpaired) electrons. The molecule has 2 nitrogen and oxygen atoms in total. The molecule has 0 heterocycles. The number of amides is 1. The largest absolute Gasteiger partial charge is 0.370 e. The van der Waals surface area contributed by atoms with Gasteiger partial charge in [0.05, 0.1) is 0 Å². The summed E-state index contributed by atoms with van der Waals surface area (Å²) in [4.78, 5) is 10.3. The third-order valence-corrected chi connectivity index (χ3v) is 1.22. The van der Waals surface area contributed by atoms with Gasteiger partial charge in [-0.15, -0.1) is 0 Å². The van der Waals surface area contributed by atoms with Crippen LogP contribution in [0, 0.1) is 0 Å². The highest BCUT2D eigenvalue weighted by molar-refractivity contribution is 5.73. The average molecular weight is 165 g/mol. The van der Waals surface area contributed by atoms with E-state index in [2.05, 4.69) is 0 Å². The molecule has 66 valence electrons. The summed E-state index contributed by atoms with van der Waals surface area (Å²) in [5.74, 6) is -0.253. The first-order chi connectivity index (χ1) is 5.77. The van der Waals surface area contributed by atoms with E-state index in [0.717, 1.165) is 6.42 Å². The Morgan fingerprint density at radius 3 is 2.50 bits per heavy atom. The van der Waals surface area contributed by atoms with E-state index in [9.17, 15) is 4.79 Å². The minimum Gasteiger partial charge on any atom is -0.370 e. The van der Waals surface area contributed by atoms with Gasteiger partial charge >= 0.3 is 0 Å². The molecule has 0 rings (SSSR count). The van der Waals surface area contributed by atoms with Crippen LogP contribution in [0.3, 0.4) is 0 Å². The summed E-state index contributed by atoms with van der Waals surface area (Å²) in [6.45, 7) is 1.96. The molecule has 0 saturated carbocycles. The number of allylic oxidation sites excluding steroid dienone is 6. The molecule has 0 spiro atoms. The zero-order valence-corrected chi connectivity index (χ0v) is 7.36. The number of carbonyl (C=O) groups excluding carboxylic acids is 1. The van der Waals surface area contributed by atoms with E-state index in [1.807, 2.05) is 43.4 Å². The Labute approximate surface area is 73.5 Å². The van der Waals surface area contributed by atoms with Crippen LogP contribution in [0.5, 0.6) is 0 Å². The van der Waals surface area contributed by atoms with Crippen LogP contribution in [0.25, 0.3) is 0 Å². The molecule has 2 N–H and O–H groups in total. The molecule has 0 atom stereocenters. The summed E-state index contributed by atoms with van der Waals surface area (Å²) in [6.07, 6.45) is 12.7. The molecule has 0 aromatic rings. The fraction of sp³-hybridized carbons (Fsp3) is 0.300. The van der Waals surface area contributed by atoms with Crippen molar-refractivity contribution in [2.24, 2.45) is 5.73 Å². The van der Waals surface area contributed by atoms with Gasteiger partial charge in [0.1, 0.15) is 0 Å². The lowest BCUT2D eigenvalue weighted by atomic mass is 10.3. The SMILES string of the molecule is C/C=C/C=C/C=C/CCC(N)=O. The molecular formula is C10H15NO. The van der Waals surface area contributed by atoms with E-state index in [4.69, 9.17) is 5.73 Å². The van der Waals surface area contributed by atoms with Gasteiger partial charge in [0.2, 0.25) is 5.91 Å². The minimum atomic E-state index is -0.253. The summed E-state index contributed by atoms with van der Waals surface area (Å²) >= 11 is 0. The molecule has 0 fully saturated rings. The maximum atomic E-state index is 10.3. The molecule has 0 unspecified atom stereocenters. The zero-order chi connectivity index (χ0) is 9.23. The highest BCUT2D eigenvalue weighted by Gasteiger charge is 1.87. The Morgan fingerprint density at radius 1 is 1.25 bits per heavy atom. The van der Waals surface area contributed by atoms with Crippen LogP contribution < -0.4 is 5.73 Å². The Bertz CT molecular complexity index is 202. The van der Waals surface area contributed by atoms with E-state index < -0.39 is 0 Å². The van der Waals surface area contributed by atoms with E-state index in [1.165, 1.54) is 0 Å². The summed E-state index contributed by atoms with van der Waals surface area (Å²) in [5, 5.41) is 0. The van der Waals surface area contributed by atoms with Crippen molar-refractivity contribution in [1.82, 2.24) is 0 Å². The van der Waals surface area contributed by atoms with E-state index in [0.29, 0.717) is 6.42 Å². The number of rotatable bonds is 5. The number of hydrogen-bond acceptors (Lipinski definition) is 1. The number of hydrogen-bond donors (Lipinski definition) is 1. The second kappa shape index (κ2) is 7.79. The third-order valence-electron chi connectivity index (χ3n) is 1.22. The standard InChI is InChI=1S/C10H15NO/c1-2-3-4-5-6-7-8-9-10(11)12/h2-7H,8-9H2,1H3,(H2,11,12)/b3-2+,5-4+,7-6+. The van der Waals surface area contributed by atoms with Gasteiger partial charge in [0.15, 0.2) is 0 Å². The van der Waals surface area contributed by atoms with Gasteiger partial charge in [-0.1, -0.05) is 36.5 Å². The van der Waals surface area contributed by atoms with Crippen molar-refractivity contribution in [1.29, 1.82) is 0 Å². The predicted octanol–water partition coefficient (Wildman–Crippen LogP) is 1.94. The van der Waals surface area contributed by atoms with Crippen molar-refractivity contribution in [3.05, 3.63) is 36.5 Å². The van der Waals surface area contributed by atoms with Gasteiger partial charge in [0.25, 0.3) is 0 Å². The van der Waals surface area contributed by atoms with E-state index >= 15 is 0 Å². The maximum absolute atomic E-state index is 10.3. The summed E-state index contributed by atoms with van der Waals surface area (Å²) in [5.41, 5.74) is 4.95. The zero-order valence-electron chi connectivity index (χ0n) is 7.36. The highest BCUT2D eigenvalue weighted by Crippen LogP contribution is 1.89. The predicted molar refractivity (Wildman–Crippen MR) is 51.5 cm³/mol. The maximum Gasteiger partial charge on any atom is 0.217 e. The number of primary amides is 1. The molecule has 2 heteroatoms. The highest BCUT2D eigenvalue weighted by atomic mass is 16.1. The topological polar surface area (TPSA) is 43.1 Å². The second-order valence-corrected chi connectivity index (χ2v) is 2.34. The fourth-order valence-electron chi connectivity index (χ4n) is 0.640. The van der Waals surface area contributed by atoms with Crippen LogP contribution in [0.2, 0.25) is 0 Å². The third kappa shape index (κ3) is 8.69.